The molecule has 0 bridgehead atoms. The number of halogens is 1. The van der Waals surface area contributed by atoms with Gasteiger partial charge in [-0.25, -0.2) is 0 Å². The van der Waals surface area contributed by atoms with Crippen LogP contribution in [0.25, 0.3) is 0 Å². The standard InChI is InChI=1S/CH4.Ca.F.Y.2H/h1H4;;;;;. The van der Waals surface area contributed by atoms with Gasteiger partial charge in [0.25, 0.3) is 0 Å². The zero-order valence-corrected chi connectivity index (χ0v) is 3.79. The molecule has 0 rings (SSSR count). The molecule has 0 aliphatic heterocycles. The molecule has 0 unspecified atom stereocenters. The molecular weight excluding hydrogens is 160 g/mol. The summed E-state index contributed by atoms with van der Waals surface area (Å²) in [7, 11) is 0. The van der Waals surface area contributed by atoms with Gasteiger partial charge in [0.05, 0.1) is 0 Å². The molecule has 3 heteroatoms. The van der Waals surface area contributed by atoms with Crippen molar-refractivity contribution in [2.24, 2.45) is 0 Å². The van der Waals surface area contributed by atoms with Crippen LogP contribution in [-0.4, -0.2) is 37.7 Å². The van der Waals surface area contributed by atoms with Gasteiger partial charge in [-0.2, -0.15) is 0 Å². The van der Waals surface area contributed by atoms with Crippen molar-refractivity contribution in [2.45, 2.75) is 7.43 Å². The first kappa shape index (κ1) is 33.5. The minimum Gasteiger partial charge on any atom is 0 e. The Hall–Kier alpha value is 2.29. The second-order valence-corrected chi connectivity index (χ2v) is 0. The third kappa shape index (κ3) is 8.85. The molecule has 0 aliphatic rings. The molecule has 0 spiro atoms. The fourth-order valence-corrected chi connectivity index (χ4v) is 0. The minimum absolute atomic E-state index is 0. The summed E-state index contributed by atoms with van der Waals surface area (Å²) in [6.07, 6.45) is 0. The fourth-order valence-electron chi connectivity index (χ4n) is 0. The molecule has 0 aromatic heterocycles. The van der Waals surface area contributed by atoms with Crippen LogP contribution >= 0.6 is 0 Å². The molecule has 0 saturated heterocycles. The van der Waals surface area contributed by atoms with Crippen molar-refractivity contribution < 1.29 is 37.4 Å². The van der Waals surface area contributed by atoms with Crippen molar-refractivity contribution in [3.8, 4) is 0 Å². The summed E-state index contributed by atoms with van der Waals surface area (Å²) in [6, 6.07) is 0. The third-order valence-electron chi connectivity index (χ3n) is 0. The predicted molar refractivity (Wildman–Crippen MR) is 16.4 cm³/mol. The molecule has 0 aromatic rings. The zero-order chi connectivity index (χ0) is 0. The molecule has 0 aliphatic carbocycles. The van der Waals surface area contributed by atoms with E-state index in [9.17, 15) is 0 Å². The number of hydrogen-bond acceptors (Lipinski definition) is 0. The van der Waals surface area contributed by atoms with Gasteiger partial charge in [0.1, 0.15) is 0 Å². The summed E-state index contributed by atoms with van der Waals surface area (Å²) in [5.74, 6) is 0. The third-order valence-corrected chi connectivity index (χ3v) is 0. The average molecular weight is 166 g/mol. The van der Waals surface area contributed by atoms with Crippen LogP contribution in [0.15, 0.2) is 0 Å². The van der Waals surface area contributed by atoms with Gasteiger partial charge in [0.2, 0.25) is 0 Å². The first-order valence-electron chi connectivity index (χ1n) is 0. The molecule has 0 fully saturated rings. The van der Waals surface area contributed by atoms with E-state index in [0.717, 1.165) is 0 Å². The number of hydrogen-bond donors (Lipinski definition) is 0. The Kier molecular flexibility index (Phi) is 155. The minimum atomic E-state index is 0. The molecule has 0 amide bonds. The van der Waals surface area contributed by atoms with Gasteiger partial charge in [-0.1, -0.05) is 7.43 Å². The van der Waals surface area contributed by atoms with Crippen molar-refractivity contribution >= 4 is 37.7 Å². The van der Waals surface area contributed by atoms with Crippen LogP contribution in [0.4, 0.5) is 4.70 Å². The molecule has 2 radical (unpaired) electrons. The van der Waals surface area contributed by atoms with Crippen LogP contribution in [0.5, 0.6) is 0 Å². The van der Waals surface area contributed by atoms with Gasteiger partial charge >= 0.3 is 37.7 Å². The van der Waals surface area contributed by atoms with E-state index < -0.39 is 0 Å². The Morgan fingerprint density at radius 2 is 1.00 bits per heavy atom. The van der Waals surface area contributed by atoms with E-state index >= 15 is 0 Å². The molecule has 22 valence electrons. The van der Waals surface area contributed by atoms with Crippen LogP contribution in [0.1, 0.15) is 7.43 Å². The van der Waals surface area contributed by atoms with Gasteiger partial charge < -0.3 is 0 Å². The first-order chi connectivity index (χ1) is 0. The average Bonchev–Trinajstić information content (AvgIpc) is 0. The largest absolute Gasteiger partial charge is 0 e. The summed E-state index contributed by atoms with van der Waals surface area (Å²) in [5.41, 5.74) is 0. The molecule has 0 atom stereocenters. The molecule has 0 heterocycles. The predicted octanol–water partition coefficient (Wildman–Crippen LogP) is 0.138. The quantitative estimate of drug-likeness (QED) is 0.449. The van der Waals surface area contributed by atoms with Crippen LogP contribution in [-0.2, 0) is 32.7 Å². The fraction of sp³-hybridized carbons (Fsp3) is 1.00. The van der Waals surface area contributed by atoms with Crippen LogP contribution in [0.2, 0.25) is 0 Å². The smallest absolute Gasteiger partial charge is 0 e. The summed E-state index contributed by atoms with van der Waals surface area (Å²) >= 11 is 0. The normalized spacial score (nSPS) is 0. The van der Waals surface area contributed by atoms with E-state index in [4.69, 9.17) is 0 Å². The van der Waals surface area contributed by atoms with E-state index in [1.54, 1.807) is 0 Å². The first-order valence-corrected chi connectivity index (χ1v) is 0. The van der Waals surface area contributed by atoms with Gasteiger partial charge in [0.15, 0.2) is 0 Å². The van der Waals surface area contributed by atoms with Gasteiger partial charge in [-0.15, -0.1) is 0 Å². The van der Waals surface area contributed by atoms with Crippen LogP contribution < -0.4 is 0 Å². The summed E-state index contributed by atoms with van der Waals surface area (Å²) in [5, 5.41) is 0. The molecule has 0 saturated carbocycles. The second kappa shape index (κ2) is 18.6. The number of rotatable bonds is 0. The maximum absolute atomic E-state index is 0. The van der Waals surface area contributed by atoms with Crippen LogP contribution in [0, 0.1) is 0 Å². The Balaban J connectivity index is 0. The van der Waals surface area contributed by atoms with Gasteiger partial charge in [0, 0.05) is 37.4 Å². The Morgan fingerprint density at radius 3 is 1.00 bits per heavy atom. The topological polar surface area (TPSA) is 0 Å². The van der Waals surface area contributed by atoms with E-state index in [1.165, 1.54) is 0 Å². The van der Waals surface area contributed by atoms with Crippen molar-refractivity contribution in [1.29, 1.82) is 0 Å². The van der Waals surface area contributed by atoms with Crippen LogP contribution in [0.3, 0.4) is 0 Å². The van der Waals surface area contributed by atoms with E-state index in [1.807, 2.05) is 0 Å². The van der Waals surface area contributed by atoms with E-state index in [0.29, 0.717) is 0 Å². The SMILES string of the molecule is C.[CaH2].[F].[Y]. The maximum atomic E-state index is 0. The molecule has 4 heavy (non-hydrogen) atoms. The van der Waals surface area contributed by atoms with Gasteiger partial charge in [-0.05, 0) is 0 Å². The Labute approximate surface area is 81.0 Å². The second-order valence-electron chi connectivity index (χ2n) is 0. The van der Waals surface area contributed by atoms with Crippen molar-refractivity contribution in [2.75, 3.05) is 0 Å². The Morgan fingerprint density at radius 1 is 1.00 bits per heavy atom. The van der Waals surface area contributed by atoms with Crippen molar-refractivity contribution in [3.63, 3.8) is 0 Å². The summed E-state index contributed by atoms with van der Waals surface area (Å²) < 4.78 is 0. The monoisotopic (exact) mass is 166 g/mol. The molecule has 0 N–H and O–H groups in total. The molecular formula is CH6CaFY. The van der Waals surface area contributed by atoms with Gasteiger partial charge in [-0.3, -0.25) is 0 Å². The van der Waals surface area contributed by atoms with Crippen molar-refractivity contribution in [3.05, 3.63) is 0 Å². The Bertz CT molecular complexity index is 8.00. The van der Waals surface area contributed by atoms with E-state index in [-0.39, 0.29) is 82.6 Å². The zero-order valence-electron chi connectivity index (χ0n) is 0.955. The molecule has 0 aromatic carbocycles. The van der Waals surface area contributed by atoms with Crippen molar-refractivity contribution in [1.82, 2.24) is 0 Å². The molecule has 0 nitrogen and oxygen atoms in total. The maximum Gasteiger partial charge on any atom is 0 e. The van der Waals surface area contributed by atoms with E-state index in [2.05, 4.69) is 0 Å². The summed E-state index contributed by atoms with van der Waals surface area (Å²) in [6.45, 7) is 0. The summed E-state index contributed by atoms with van der Waals surface area (Å²) in [4.78, 5) is 0.